The van der Waals surface area contributed by atoms with E-state index in [0.717, 1.165) is 25.9 Å². The van der Waals surface area contributed by atoms with Gasteiger partial charge in [0.2, 0.25) is 10.0 Å². The number of hydrogen-bond donors (Lipinski definition) is 1. The number of sulfonamides is 1. The second-order valence-corrected chi connectivity index (χ2v) is 8.38. The molecule has 1 fully saturated rings. The average Bonchev–Trinajstić information content (AvgIpc) is 3.02. The van der Waals surface area contributed by atoms with Gasteiger partial charge in [-0.1, -0.05) is 20.8 Å². The molecule has 0 spiro atoms. The molecule has 0 aliphatic carbocycles. The Balaban J connectivity index is 2.00. The molecule has 1 aliphatic rings. The van der Waals surface area contributed by atoms with Crippen molar-refractivity contribution in [3.8, 4) is 0 Å². The number of nitrogens with zero attached hydrogens (tertiary/aromatic N) is 3. The highest BCUT2D eigenvalue weighted by atomic mass is 32.2. The minimum absolute atomic E-state index is 0.0626. The van der Waals surface area contributed by atoms with Crippen LogP contribution in [-0.2, 0) is 16.6 Å². The predicted molar refractivity (Wildman–Crippen MR) is 82.5 cm³/mol. The molecule has 1 aromatic rings. The zero-order valence-corrected chi connectivity index (χ0v) is 14.0. The van der Waals surface area contributed by atoms with Gasteiger partial charge in [-0.05, 0) is 24.8 Å². The topological polar surface area (TPSA) is 67.2 Å². The van der Waals surface area contributed by atoms with E-state index in [-0.39, 0.29) is 5.41 Å². The fourth-order valence-corrected chi connectivity index (χ4v) is 4.10. The molecule has 0 radical (unpaired) electrons. The van der Waals surface area contributed by atoms with Crippen LogP contribution in [0.3, 0.4) is 0 Å². The van der Waals surface area contributed by atoms with Gasteiger partial charge in [-0.2, -0.15) is 9.40 Å². The molecule has 0 amide bonds. The molecular weight excluding hydrogens is 288 g/mol. The Kier molecular flexibility index (Phi) is 5.06. The number of rotatable bonds is 7. The molecule has 2 heterocycles. The van der Waals surface area contributed by atoms with Gasteiger partial charge in [-0.3, -0.25) is 4.68 Å². The number of hydrogen-bond acceptors (Lipinski definition) is 4. The van der Waals surface area contributed by atoms with Gasteiger partial charge in [-0.25, -0.2) is 8.42 Å². The van der Waals surface area contributed by atoms with E-state index in [1.807, 2.05) is 0 Å². The van der Waals surface area contributed by atoms with E-state index in [1.165, 1.54) is 6.20 Å². The molecule has 6 nitrogen and oxygen atoms in total. The minimum Gasteiger partial charge on any atom is -0.315 e. The van der Waals surface area contributed by atoms with E-state index < -0.39 is 10.0 Å². The van der Waals surface area contributed by atoms with Crippen molar-refractivity contribution >= 4 is 10.0 Å². The van der Waals surface area contributed by atoms with Gasteiger partial charge in [-0.15, -0.1) is 0 Å². The molecular formula is C14H26N4O2S. The molecule has 1 aliphatic heterocycles. The van der Waals surface area contributed by atoms with E-state index in [4.69, 9.17) is 0 Å². The van der Waals surface area contributed by atoms with Crippen molar-refractivity contribution in [1.29, 1.82) is 0 Å². The first-order valence-corrected chi connectivity index (χ1v) is 9.02. The summed E-state index contributed by atoms with van der Waals surface area (Å²) in [6, 6.07) is 0. The molecule has 0 aromatic carbocycles. The van der Waals surface area contributed by atoms with Crippen molar-refractivity contribution in [1.82, 2.24) is 19.4 Å². The van der Waals surface area contributed by atoms with Crippen LogP contribution in [0.2, 0.25) is 0 Å². The summed E-state index contributed by atoms with van der Waals surface area (Å²) in [5.41, 5.74) is 0.0626. The first-order chi connectivity index (χ1) is 9.85. The lowest BCUT2D eigenvalue weighted by Gasteiger charge is -2.18. The van der Waals surface area contributed by atoms with E-state index >= 15 is 0 Å². The average molecular weight is 314 g/mol. The summed E-state index contributed by atoms with van der Waals surface area (Å²) in [5.74, 6) is 0. The molecule has 1 saturated heterocycles. The lowest BCUT2D eigenvalue weighted by molar-refractivity contribution is 0.375. The van der Waals surface area contributed by atoms with Crippen LogP contribution in [0, 0.1) is 5.41 Å². The van der Waals surface area contributed by atoms with Gasteiger partial charge in [0.1, 0.15) is 4.90 Å². The monoisotopic (exact) mass is 314 g/mol. The molecule has 0 unspecified atom stereocenters. The van der Waals surface area contributed by atoms with Crippen LogP contribution in [0.15, 0.2) is 17.3 Å². The fraction of sp³-hybridized carbons (Fsp3) is 0.786. The third-order valence-electron chi connectivity index (χ3n) is 3.83. The highest BCUT2D eigenvalue weighted by Gasteiger charge is 2.37. The zero-order chi connectivity index (χ0) is 15.5. The first kappa shape index (κ1) is 16.5. The third kappa shape index (κ3) is 4.05. The molecule has 0 bridgehead atoms. The maximum atomic E-state index is 12.6. The maximum absolute atomic E-state index is 12.6. The molecule has 0 saturated carbocycles. The summed E-state index contributed by atoms with van der Waals surface area (Å²) < 4.78 is 28.4. The fourth-order valence-electron chi connectivity index (χ4n) is 2.51. The number of nitrogens with one attached hydrogen (secondary N) is 1. The lowest BCUT2D eigenvalue weighted by atomic mass is 9.93. The van der Waals surface area contributed by atoms with Crippen molar-refractivity contribution in [2.75, 3.05) is 26.2 Å². The van der Waals surface area contributed by atoms with Gasteiger partial charge in [0.05, 0.1) is 12.7 Å². The van der Waals surface area contributed by atoms with Crippen LogP contribution in [0.4, 0.5) is 0 Å². The highest BCUT2D eigenvalue weighted by Crippen LogP contribution is 2.32. The Morgan fingerprint density at radius 2 is 2.14 bits per heavy atom. The van der Waals surface area contributed by atoms with Crippen molar-refractivity contribution in [3.63, 3.8) is 0 Å². The van der Waals surface area contributed by atoms with E-state index in [9.17, 15) is 8.42 Å². The van der Waals surface area contributed by atoms with Crippen LogP contribution < -0.4 is 5.32 Å². The van der Waals surface area contributed by atoms with Crippen molar-refractivity contribution < 1.29 is 8.42 Å². The quantitative estimate of drug-likeness (QED) is 0.771. The van der Waals surface area contributed by atoms with E-state index in [1.54, 1.807) is 15.2 Å². The molecule has 120 valence electrons. The molecule has 1 N–H and O–H groups in total. The summed E-state index contributed by atoms with van der Waals surface area (Å²) in [5, 5.41) is 7.44. The van der Waals surface area contributed by atoms with Gasteiger partial charge < -0.3 is 5.32 Å². The Bertz CT molecular complexity index is 565. The standard InChI is InChI=1S/C14H26N4O2S/c1-4-6-15-7-9-17-11-13(10-16-17)21(19,20)18-8-5-14(2,3)12-18/h10-11,15H,4-9,12H2,1-3H3. The van der Waals surface area contributed by atoms with E-state index in [2.05, 4.69) is 31.2 Å². The van der Waals surface area contributed by atoms with Gasteiger partial charge >= 0.3 is 0 Å². The molecule has 2 rings (SSSR count). The van der Waals surface area contributed by atoms with Gasteiger partial charge in [0, 0.05) is 25.8 Å². The molecule has 1 aromatic heterocycles. The SMILES string of the molecule is CCCNCCn1cc(S(=O)(=O)N2CCC(C)(C)C2)cn1. The second kappa shape index (κ2) is 6.46. The zero-order valence-electron chi connectivity index (χ0n) is 13.2. The smallest absolute Gasteiger partial charge is 0.246 e. The number of aromatic nitrogens is 2. The molecule has 0 atom stereocenters. The Morgan fingerprint density at radius 3 is 2.76 bits per heavy atom. The first-order valence-electron chi connectivity index (χ1n) is 7.58. The predicted octanol–water partition coefficient (Wildman–Crippen LogP) is 1.30. The Labute approximate surface area is 127 Å². The van der Waals surface area contributed by atoms with Crippen molar-refractivity contribution in [2.45, 2.75) is 45.1 Å². The molecule has 7 heteroatoms. The lowest BCUT2D eigenvalue weighted by Crippen LogP contribution is -2.30. The summed E-state index contributed by atoms with van der Waals surface area (Å²) in [6.07, 6.45) is 5.08. The minimum atomic E-state index is -3.39. The van der Waals surface area contributed by atoms with Crippen LogP contribution in [0.5, 0.6) is 0 Å². The summed E-state index contributed by atoms with van der Waals surface area (Å²) in [7, 11) is -3.39. The summed E-state index contributed by atoms with van der Waals surface area (Å²) >= 11 is 0. The third-order valence-corrected chi connectivity index (χ3v) is 5.63. The normalized spacial score (nSPS) is 19.2. The van der Waals surface area contributed by atoms with Crippen LogP contribution in [0.1, 0.15) is 33.6 Å². The van der Waals surface area contributed by atoms with Crippen LogP contribution in [-0.4, -0.2) is 48.7 Å². The van der Waals surface area contributed by atoms with E-state index in [0.29, 0.717) is 24.5 Å². The Morgan fingerprint density at radius 1 is 1.38 bits per heavy atom. The largest absolute Gasteiger partial charge is 0.315 e. The molecule has 21 heavy (non-hydrogen) atoms. The summed E-state index contributed by atoms with van der Waals surface area (Å²) in [4.78, 5) is 0.302. The highest BCUT2D eigenvalue weighted by molar-refractivity contribution is 7.89. The maximum Gasteiger partial charge on any atom is 0.246 e. The van der Waals surface area contributed by atoms with Gasteiger partial charge in [0.15, 0.2) is 0 Å². The van der Waals surface area contributed by atoms with Crippen LogP contribution in [0.25, 0.3) is 0 Å². The second-order valence-electron chi connectivity index (χ2n) is 6.44. The van der Waals surface area contributed by atoms with Crippen molar-refractivity contribution in [2.24, 2.45) is 5.41 Å². The van der Waals surface area contributed by atoms with Crippen molar-refractivity contribution in [3.05, 3.63) is 12.4 Å². The van der Waals surface area contributed by atoms with Crippen LogP contribution >= 0.6 is 0 Å². The Hall–Kier alpha value is -0.920. The summed E-state index contributed by atoms with van der Waals surface area (Å²) in [6.45, 7) is 9.94. The van der Waals surface area contributed by atoms with Gasteiger partial charge in [0.25, 0.3) is 0 Å².